The van der Waals surface area contributed by atoms with Gasteiger partial charge in [0.2, 0.25) is 5.91 Å². The molecule has 2 N–H and O–H groups in total. The second-order valence-corrected chi connectivity index (χ2v) is 5.87. The summed E-state index contributed by atoms with van der Waals surface area (Å²) < 4.78 is 0. The molecule has 3 rings (SSSR count). The number of amides is 1. The van der Waals surface area contributed by atoms with Crippen molar-refractivity contribution in [2.24, 2.45) is 0 Å². The van der Waals surface area contributed by atoms with E-state index in [1.165, 1.54) is 0 Å². The van der Waals surface area contributed by atoms with Crippen LogP contribution in [0.25, 0.3) is 0 Å². The molecular formula is C13H15Cl2N3O. The Morgan fingerprint density at radius 3 is 2.58 bits per heavy atom. The number of rotatable bonds is 1. The molecule has 2 saturated heterocycles. The van der Waals surface area contributed by atoms with Crippen LogP contribution < -0.4 is 10.6 Å². The third-order valence-corrected chi connectivity index (χ3v) is 4.43. The van der Waals surface area contributed by atoms with Crippen LogP contribution in [-0.2, 0) is 4.79 Å². The molecule has 1 atom stereocenters. The Kier molecular flexibility index (Phi) is 3.23. The zero-order valence-electron chi connectivity index (χ0n) is 10.4. The van der Waals surface area contributed by atoms with Crippen LogP contribution in [0.1, 0.15) is 12.8 Å². The summed E-state index contributed by atoms with van der Waals surface area (Å²) in [7, 11) is 0. The zero-order chi connectivity index (χ0) is 13.6. The molecule has 6 heteroatoms. The second-order valence-electron chi connectivity index (χ2n) is 5.06. The topological polar surface area (TPSA) is 49.6 Å². The van der Waals surface area contributed by atoms with Gasteiger partial charge in [-0.1, -0.05) is 23.2 Å². The molecule has 1 aromatic carbocycles. The van der Waals surface area contributed by atoms with Crippen LogP contribution >= 0.6 is 23.2 Å². The first-order chi connectivity index (χ1) is 9.06. The van der Waals surface area contributed by atoms with E-state index in [1.807, 2.05) is 4.90 Å². The summed E-state index contributed by atoms with van der Waals surface area (Å²) in [5, 5.41) is 1.14. The lowest BCUT2D eigenvalue weighted by atomic mass is 10.1. The van der Waals surface area contributed by atoms with E-state index in [0.717, 1.165) is 31.7 Å². The highest BCUT2D eigenvalue weighted by Crippen LogP contribution is 2.38. The molecule has 19 heavy (non-hydrogen) atoms. The highest BCUT2D eigenvalue weighted by atomic mass is 35.5. The minimum Gasteiger partial charge on any atom is -0.399 e. The smallest absolute Gasteiger partial charge is 0.223 e. The SMILES string of the molecule is Nc1cc(Cl)c(N2CCN3C(=O)CCC3C2)c(Cl)c1. The Balaban J connectivity index is 1.87. The zero-order valence-corrected chi connectivity index (χ0v) is 11.9. The first-order valence-electron chi connectivity index (χ1n) is 6.35. The van der Waals surface area contributed by atoms with Crippen LogP contribution in [0, 0.1) is 0 Å². The quantitative estimate of drug-likeness (QED) is 0.810. The maximum atomic E-state index is 11.7. The lowest BCUT2D eigenvalue weighted by Crippen LogP contribution is -2.51. The van der Waals surface area contributed by atoms with E-state index in [2.05, 4.69) is 4.90 Å². The summed E-state index contributed by atoms with van der Waals surface area (Å²) in [6, 6.07) is 3.72. The maximum absolute atomic E-state index is 11.7. The standard InChI is InChI=1S/C13H15Cl2N3O/c14-10-5-8(16)6-11(15)13(10)17-3-4-18-9(7-17)1-2-12(18)19/h5-6,9H,1-4,7,16H2. The van der Waals surface area contributed by atoms with Crippen LogP contribution in [0.2, 0.25) is 10.0 Å². The number of nitrogen functional groups attached to an aromatic ring is 1. The van der Waals surface area contributed by atoms with Crippen LogP contribution in [0.3, 0.4) is 0 Å². The number of fused-ring (bicyclic) bond motifs is 1. The average Bonchev–Trinajstić information content (AvgIpc) is 2.69. The molecule has 2 heterocycles. The predicted molar refractivity (Wildman–Crippen MR) is 77.8 cm³/mol. The number of anilines is 2. The summed E-state index contributed by atoms with van der Waals surface area (Å²) in [6.07, 6.45) is 1.57. The highest BCUT2D eigenvalue weighted by Gasteiger charge is 2.36. The Morgan fingerprint density at radius 2 is 1.89 bits per heavy atom. The first kappa shape index (κ1) is 12.9. The van der Waals surface area contributed by atoms with E-state index in [0.29, 0.717) is 22.2 Å². The molecule has 0 saturated carbocycles. The summed E-state index contributed by atoms with van der Waals surface area (Å²) in [4.78, 5) is 15.8. The third kappa shape index (κ3) is 2.23. The number of piperazine rings is 1. The monoisotopic (exact) mass is 299 g/mol. The van der Waals surface area contributed by atoms with Gasteiger partial charge in [-0.3, -0.25) is 4.79 Å². The fourth-order valence-electron chi connectivity index (χ4n) is 2.95. The molecule has 0 bridgehead atoms. The minimum atomic E-state index is 0.263. The van der Waals surface area contributed by atoms with Crippen molar-refractivity contribution < 1.29 is 4.79 Å². The van der Waals surface area contributed by atoms with Gasteiger partial charge in [0, 0.05) is 37.8 Å². The summed E-state index contributed by atoms with van der Waals surface area (Å²) in [5.74, 6) is 0.263. The van der Waals surface area contributed by atoms with Gasteiger partial charge in [0.1, 0.15) is 0 Å². The number of halogens is 2. The van der Waals surface area contributed by atoms with E-state index < -0.39 is 0 Å². The Bertz CT molecular complexity index is 512. The van der Waals surface area contributed by atoms with Crippen molar-refractivity contribution in [2.45, 2.75) is 18.9 Å². The molecule has 0 aromatic heterocycles. The molecule has 2 aliphatic heterocycles. The van der Waals surface area contributed by atoms with E-state index in [1.54, 1.807) is 12.1 Å². The third-order valence-electron chi connectivity index (χ3n) is 3.85. The number of hydrogen-bond acceptors (Lipinski definition) is 3. The number of hydrogen-bond donors (Lipinski definition) is 1. The molecule has 4 nitrogen and oxygen atoms in total. The Morgan fingerprint density at radius 1 is 1.21 bits per heavy atom. The number of nitrogens with zero attached hydrogens (tertiary/aromatic N) is 2. The minimum absolute atomic E-state index is 0.263. The van der Waals surface area contributed by atoms with Crippen LogP contribution in [0.4, 0.5) is 11.4 Å². The lowest BCUT2D eigenvalue weighted by molar-refractivity contribution is -0.129. The van der Waals surface area contributed by atoms with Gasteiger partial charge in [0.25, 0.3) is 0 Å². The summed E-state index contributed by atoms with van der Waals surface area (Å²) >= 11 is 12.5. The summed E-state index contributed by atoms with van der Waals surface area (Å²) in [6.45, 7) is 2.28. The number of carbonyl (C=O) groups excluding carboxylic acids is 1. The molecule has 1 amide bonds. The van der Waals surface area contributed by atoms with Gasteiger partial charge in [0.15, 0.2) is 0 Å². The highest BCUT2D eigenvalue weighted by molar-refractivity contribution is 6.39. The van der Waals surface area contributed by atoms with Crippen LogP contribution in [0.15, 0.2) is 12.1 Å². The number of benzene rings is 1. The van der Waals surface area contributed by atoms with Gasteiger partial charge in [0.05, 0.1) is 15.7 Å². The van der Waals surface area contributed by atoms with Gasteiger partial charge in [-0.25, -0.2) is 0 Å². The largest absolute Gasteiger partial charge is 0.399 e. The average molecular weight is 300 g/mol. The molecule has 2 aliphatic rings. The number of nitrogens with two attached hydrogens (primary N) is 1. The normalized spacial score (nSPS) is 22.8. The van der Waals surface area contributed by atoms with Crippen molar-refractivity contribution in [3.8, 4) is 0 Å². The Hall–Kier alpha value is -1.13. The second kappa shape index (κ2) is 4.76. The van der Waals surface area contributed by atoms with Gasteiger partial charge in [-0.15, -0.1) is 0 Å². The fourth-order valence-corrected chi connectivity index (χ4v) is 3.70. The van der Waals surface area contributed by atoms with E-state index in [4.69, 9.17) is 28.9 Å². The molecule has 0 aliphatic carbocycles. The molecule has 0 spiro atoms. The number of carbonyl (C=O) groups is 1. The van der Waals surface area contributed by atoms with Crippen molar-refractivity contribution in [3.63, 3.8) is 0 Å². The van der Waals surface area contributed by atoms with Crippen LogP contribution in [-0.4, -0.2) is 36.5 Å². The lowest BCUT2D eigenvalue weighted by Gasteiger charge is -2.39. The molecule has 1 aromatic rings. The Labute approximate surface area is 122 Å². The van der Waals surface area contributed by atoms with Crippen LogP contribution in [0.5, 0.6) is 0 Å². The molecule has 1 unspecified atom stereocenters. The van der Waals surface area contributed by atoms with E-state index in [9.17, 15) is 4.79 Å². The van der Waals surface area contributed by atoms with Crippen molar-refractivity contribution in [1.82, 2.24) is 4.90 Å². The van der Waals surface area contributed by atoms with Gasteiger partial charge in [-0.2, -0.15) is 0 Å². The van der Waals surface area contributed by atoms with Gasteiger partial charge >= 0.3 is 0 Å². The van der Waals surface area contributed by atoms with Gasteiger partial charge < -0.3 is 15.5 Å². The first-order valence-corrected chi connectivity index (χ1v) is 7.11. The fraction of sp³-hybridized carbons (Fsp3) is 0.462. The molecule has 102 valence electrons. The van der Waals surface area contributed by atoms with Crippen molar-refractivity contribution >= 4 is 40.5 Å². The summed E-state index contributed by atoms with van der Waals surface area (Å²) in [5.41, 5.74) is 7.11. The van der Waals surface area contributed by atoms with Crippen molar-refractivity contribution in [1.29, 1.82) is 0 Å². The van der Waals surface area contributed by atoms with Crippen molar-refractivity contribution in [2.75, 3.05) is 30.3 Å². The van der Waals surface area contributed by atoms with E-state index in [-0.39, 0.29) is 11.9 Å². The molecule has 2 fully saturated rings. The predicted octanol–water partition coefficient (Wildman–Crippen LogP) is 2.39. The van der Waals surface area contributed by atoms with E-state index >= 15 is 0 Å². The van der Waals surface area contributed by atoms with Gasteiger partial charge in [-0.05, 0) is 18.6 Å². The maximum Gasteiger partial charge on any atom is 0.223 e. The molecular weight excluding hydrogens is 285 g/mol. The molecule has 0 radical (unpaired) electrons. The van der Waals surface area contributed by atoms with Crippen molar-refractivity contribution in [3.05, 3.63) is 22.2 Å².